The molecule has 0 atom stereocenters. The number of hydrogen-bond acceptors (Lipinski definition) is 3. The van der Waals surface area contributed by atoms with Crippen LogP contribution in [0.3, 0.4) is 0 Å². The number of benzene rings is 1. The summed E-state index contributed by atoms with van der Waals surface area (Å²) in [6, 6.07) is 7.86. The Balaban J connectivity index is 2.07. The minimum atomic E-state index is -3.34. The topological polar surface area (TPSA) is 57.7 Å². The summed E-state index contributed by atoms with van der Waals surface area (Å²) in [6.07, 6.45) is 2.24. The van der Waals surface area contributed by atoms with Gasteiger partial charge >= 0.3 is 0 Å². The molecule has 0 bridgehead atoms. The maximum Gasteiger partial charge on any atom is 0.228 e. The molecule has 0 radical (unpaired) electrons. The van der Waals surface area contributed by atoms with E-state index < -0.39 is 15.6 Å². The van der Waals surface area contributed by atoms with E-state index >= 15 is 0 Å². The maximum absolute atomic E-state index is 12.5. The van der Waals surface area contributed by atoms with Gasteiger partial charge < -0.3 is 4.90 Å². The molecule has 1 aliphatic rings. The van der Waals surface area contributed by atoms with Gasteiger partial charge in [-0.15, -0.1) is 0 Å². The SMILES string of the molecule is CC(C)(C)N(CCC(=O)N1CCc2ccccc21)S(C)(=O)=O. The molecule has 0 N–H and O–H groups in total. The summed E-state index contributed by atoms with van der Waals surface area (Å²) >= 11 is 0. The van der Waals surface area contributed by atoms with E-state index in [1.54, 1.807) is 4.90 Å². The Morgan fingerprint density at radius 2 is 1.91 bits per heavy atom. The summed E-state index contributed by atoms with van der Waals surface area (Å²) in [5.74, 6) is -0.0251. The molecule has 1 aliphatic heterocycles. The van der Waals surface area contributed by atoms with Gasteiger partial charge in [-0.3, -0.25) is 4.79 Å². The number of anilines is 1. The third-order valence-electron chi connectivity index (χ3n) is 3.87. The van der Waals surface area contributed by atoms with Crippen LogP contribution in [-0.2, 0) is 21.2 Å². The number of carbonyl (C=O) groups is 1. The highest BCUT2D eigenvalue weighted by atomic mass is 32.2. The molecule has 0 saturated heterocycles. The lowest BCUT2D eigenvalue weighted by atomic mass is 10.1. The second kappa shape index (κ2) is 6.01. The van der Waals surface area contributed by atoms with Crippen molar-refractivity contribution in [3.63, 3.8) is 0 Å². The van der Waals surface area contributed by atoms with Gasteiger partial charge in [0.2, 0.25) is 15.9 Å². The number of fused-ring (bicyclic) bond motifs is 1. The highest BCUT2D eigenvalue weighted by Crippen LogP contribution is 2.28. The number of carbonyl (C=O) groups excluding carboxylic acids is 1. The Labute approximate surface area is 133 Å². The van der Waals surface area contributed by atoms with Crippen molar-refractivity contribution < 1.29 is 13.2 Å². The quantitative estimate of drug-likeness (QED) is 0.851. The van der Waals surface area contributed by atoms with E-state index in [1.807, 2.05) is 45.0 Å². The molecule has 0 unspecified atom stereocenters. The first kappa shape index (κ1) is 17.0. The van der Waals surface area contributed by atoms with Gasteiger partial charge in [0.05, 0.1) is 6.26 Å². The van der Waals surface area contributed by atoms with Crippen LogP contribution >= 0.6 is 0 Å². The van der Waals surface area contributed by atoms with E-state index in [-0.39, 0.29) is 18.9 Å². The van der Waals surface area contributed by atoms with Crippen molar-refractivity contribution >= 4 is 21.6 Å². The lowest BCUT2D eigenvalue weighted by Crippen LogP contribution is -2.46. The zero-order valence-corrected chi connectivity index (χ0v) is 14.5. The molecular formula is C16H24N2O3S. The summed E-state index contributed by atoms with van der Waals surface area (Å²) in [4.78, 5) is 14.2. The molecule has 6 heteroatoms. The van der Waals surface area contributed by atoms with E-state index in [4.69, 9.17) is 0 Å². The molecule has 1 amide bonds. The van der Waals surface area contributed by atoms with Gasteiger partial charge in [-0.05, 0) is 38.8 Å². The van der Waals surface area contributed by atoms with Crippen LogP contribution in [0.2, 0.25) is 0 Å². The van der Waals surface area contributed by atoms with Gasteiger partial charge in [-0.2, -0.15) is 4.31 Å². The standard InChI is InChI=1S/C16H24N2O3S/c1-16(2,3)18(22(4,20)21)12-10-15(19)17-11-9-13-7-5-6-8-14(13)17/h5-8H,9-12H2,1-4H3. The van der Waals surface area contributed by atoms with Crippen molar-refractivity contribution in [2.24, 2.45) is 0 Å². The van der Waals surface area contributed by atoms with Gasteiger partial charge in [0, 0.05) is 30.7 Å². The van der Waals surface area contributed by atoms with Gasteiger partial charge in [0.25, 0.3) is 0 Å². The predicted molar refractivity (Wildman–Crippen MR) is 88.4 cm³/mol. The number of rotatable bonds is 4. The van der Waals surface area contributed by atoms with Crippen molar-refractivity contribution in [1.82, 2.24) is 4.31 Å². The van der Waals surface area contributed by atoms with E-state index in [0.29, 0.717) is 6.54 Å². The third kappa shape index (κ3) is 3.67. The van der Waals surface area contributed by atoms with Crippen LogP contribution in [-0.4, -0.2) is 43.5 Å². The molecule has 1 heterocycles. The van der Waals surface area contributed by atoms with Crippen LogP contribution in [0.1, 0.15) is 32.8 Å². The van der Waals surface area contributed by atoms with Crippen LogP contribution in [0.25, 0.3) is 0 Å². The monoisotopic (exact) mass is 324 g/mol. The van der Waals surface area contributed by atoms with Gasteiger partial charge in [0.1, 0.15) is 0 Å². The minimum absolute atomic E-state index is 0.0251. The van der Waals surface area contributed by atoms with Crippen LogP contribution in [0.4, 0.5) is 5.69 Å². The molecule has 0 aromatic heterocycles. The zero-order chi connectivity index (χ0) is 16.5. The maximum atomic E-state index is 12.5. The molecule has 5 nitrogen and oxygen atoms in total. The number of nitrogens with zero attached hydrogens (tertiary/aromatic N) is 2. The summed E-state index contributed by atoms with van der Waals surface area (Å²) in [5.41, 5.74) is 1.59. The van der Waals surface area contributed by atoms with Crippen molar-refractivity contribution in [1.29, 1.82) is 0 Å². The minimum Gasteiger partial charge on any atom is -0.312 e. The van der Waals surface area contributed by atoms with E-state index in [0.717, 1.165) is 12.1 Å². The summed E-state index contributed by atoms with van der Waals surface area (Å²) in [7, 11) is -3.34. The second-order valence-corrected chi connectivity index (χ2v) is 8.59. The average molecular weight is 324 g/mol. The predicted octanol–water partition coefficient (Wildman–Crippen LogP) is 2.03. The lowest BCUT2D eigenvalue weighted by molar-refractivity contribution is -0.118. The number of amides is 1. The molecule has 0 spiro atoms. The van der Waals surface area contributed by atoms with Crippen LogP contribution in [0.5, 0.6) is 0 Å². The molecule has 0 saturated carbocycles. The fraction of sp³-hybridized carbons (Fsp3) is 0.562. The smallest absolute Gasteiger partial charge is 0.228 e. The highest BCUT2D eigenvalue weighted by Gasteiger charge is 2.31. The number of sulfonamides is 1. The number of hydrogen-bond donors (Lipinski definition) is 0. The lowest BCUT2D eigenvalue weighted by Gasteiger charge is -2.33. The third-order valence-corrected chi connectivity index (χ3v) is 5.40. The molecule has 0 fully saturated rings. The summed E-state index contributed by atoms with van der Waals surface area (Å²) in [5, 5.41) is 0. The Hall–Kier alpha value is -1.40. The first-order valence-corrected chi connectivity index (χ1v) is 9.31. The molecule has 2 rings (SSSR count). The van der Waals surface area contributed by atoms with Gasteiger partial charge in [-0.1, -0.05) is 18.2 Å². The number of para-hydroxylation sites is 1. The molecule has 122 valence electrons. The highest BCUT2D eigenvalue weighted by molar-refractivity contribution is 7.88. The van der Waals surface area contributed by atoms with E-state index in [1.165, 1.54) is 16.1 Å². The van der Waals surface area contributed by atoms with Crippen LogP contribution in [0.15, 0.2) is 24.3 Å². The van der Waals surface area contributed by atoms with Crippen molar-refractivity contribution in [3.8, 4) is 0 Å². The van der Waals surface area contributed by atoms with Crippen LogP contribution < -0.4 is 4.90 Å². The average Bonchev–Trinajstić information content (AvgIpc) is 2.79. The Bertz CT molecular complexity index is 662. The van der Waals surface area contributed by atoms with Gasteiger partial charge in [-0.25, -0.2) is 8.42 Å². The normalized spacial score (nSPS) is 15.2. The second-order valence-electron chi connectivity index (χ2n) is 6.68. The fourth-order valence-corrected chi connectivity index (χ4v) is 4.35. The van der Waals surface area contributed by atoms with Crippen LogP contribution in [0, 0.1) is 0 Å². The largest absolute Gasteiger partial charge is 0.312 e. The Morgan fingerprint density at radius 3 is 2.50 bits per heavy atom. The molecule has 22 heavy (non-hydrogen) atoms. The Morgan fingerprint density at radius 1 is 1.27 bits per heavy atom. The molecular weight excluding hydrogens is 300 g/mol. The van der Waals surface area contributed by atoms with Crippen molar-refractivity contribution in [3.05, 3.63) is 29.8 Å². The van der Waals surface area contributed by atoms with E-state index in [2.05, 4.69) is 0 Å². The Kier molecular flexibility index (Phi) is 4.63. The van der Waals surface area contributed by atoms with Gasteiger partial charge in [0.15, 0.2) is 0 Å². The molecule has 1 aromatic carbocycles. The van der Waals surface area contributed by atoms with Crippen molar-refractivity contribution in [2.45, 2.75) is 39.2 Å². The fourth-order valence-electron chi connectivity index (χ4n) is 2.93. The van der Waals surface area contributed by atoms with Crippen molar-refractivity contribution in [2.75, 3.05) is 24.2 Å². The summed E-state index contributed by atoms with van der Waals surface area (Å²) in [6.45, 7) is 6.39. The molecule has 0 aliphatic carbocycles. The first-order valence-electron chi connectivity index (χ1n) is 7.47. The zero-order valence-electron chi connectivity index (χ0n) is 13.7. The first-order chi connectivity index (χ1) is 10.1. The summed E-state index contributed by atoms with van der Waals surface area (Å²) < 4.78 is 25.2. The van der Waals surface area contributed by atoms with E-state index in [9.17, 15) is 13.2 Å². The molecule has 1 aromatic rings.